The Balaban J connectivity index is 2.14. The van der Waals surface area contributed by atoms with Gasteiger partial charge in [-0.3, -0.25) is 4.79 Å². The summed E-state index contributed by atoms with van der Waals surface area (Å²) in [5.74, 6) is 0.109. The Hall–Kier alpha value is -1.78. The van der Waals surface area contributed by atoms with Gasteiger partial charge in [-0.15, -0.1) is 0 Å². The Morgan fingerprint density at radius 1 is 1.29 bits per heavy atom. The first kappa shape index (κ1) is 15.6. The molecule has 1 amide bonds. The highest BCUT2D eigenvalue weighted by Gasteiger charge is 2.25. The lowest BCUT2D eigenvalue weighted by Gasteiger charge is -2.27. The summed E-state index contributed by atoms with van der Waals surface area (Å²) in [6.45, 7) is 5.77. The Kier molecular flexibility index (Phi) is 4.70. The second-order valence-corrected chi connectivity index (χ2v) is 6.06. The molecule has 2 atom stereocenters. The summed E-state index contributed by atoms with van der Waals surface area (Å²) in [7, 11) is 1.34. The largest absolute Gasteiger partial charge is 0.465 e. The number of nitrogens with one attached hydrogen (secondary N) is 2. The summed E-state index contributed by atoms with van der Waals surface area (Å²) in [4.78, 5) is 27.2. The van der Waals surface area contributed by atoms with Crippen LogP contribution in [0.1, 0.15) is 64.7 Å². The molecule has 5 heteroatoms. The molecule has 2 rings (SSSR count). The summed E-state index contributed by atoms with van der Waals surface area (Å²) >= 11 is 0. The zero-order valence-electron chi connectivity index (χ0n) is 13.2. The van der Waals surface area contributed by atoms with Crippen molar-refractivity contribution in [2.75, 3.05) is 7.11 Å². The Morgan fingerprint density at radius 2 is 2.00 bits per heavy atom. The summed E-state index contributed by atoms with van der Waals surface area (Å²) < 4.78 is 4.76. The van der Waals surface area contributed by atoms with Crippen LogP contribution in [0.5, 0.6) is 0 Å². The van der Waals surface area contributed by atoms with E-state index in [1.807, 2.05) is 0 Å². The molecule has 1 aromatic rings. The van der Waals surface area contributed by atoms with Gasteiger partial charge in [0.15, 0.2) is 0 Å². The van der Waals surface area contributed by atoms with Crippen LogP contribution in [-0.4, -0.2) is 30.0 Å². The smallest absolute Gasteiger partial charge is 0.339 e. The average molecular weight is 292 g/mol. The van der Waals surface area contributed by atoms with Crippen LogP contribution in [0.2, 0.25) is 0 Å². The SMILES string of the molecule is COC(=O)c1c(C)[nH]c(C(=O)NC2CCCC(C)C2)c1C. The van der Waals surface area contributed by atoms with Gasteiger partial charge in [-0.1, -0.05) is 19.8 Å². The number of amides is 1. The number of carbonyl (C=O) groups excluding carboxylic acids is 2. The third-order valence-electron chi connectivity index (χ3n) is 4.33. The molecular weight excluding hydrogens is 268 g/mol. The number of aromatic nitrogens is 1. The minimum absolute atomic E-state index is 0.134. The molecule has 0 aliphatic heterocycles. The van der Waals surface area contributed by atoms with Gasteiger partial charge < -0.3 is 15.0 Å². The van der Waals surface area contributed by atoms with Gasteiger partial charge in [-0.05, 0) is 38.2 Å². The van der Waals surface area contributed by atoms with E-state index >= 15 is 0 Å². The molecule has 21 heavy (non-hydrogen) atoms. The topological polar surface area (TPSA) is 71.2 Å². The van der Waals surface area contributed by atoms with Crippen molar-refractivity contribution in [3.8, 4) is 0 Å². The molecule has 2 unspecified atom stereocenters. The molecule has 1 fully saturated rings. The molecule has 0 aromatic carbocycles. The van der Waals surface area contributed by atoms with Crippen molar-refractivity contribution < 1.29 is 14.3 Å². The van der Waals surface area contributed by atoms with Gasteiger partial charge in [0, 0.05) is 11.7 Å². The normalized spacial score (nSPS) is 21.9. The predicted octanol–water partition coefficient (Wildman–Crippen LogP) is 2.73. The van der Waals surface area contributed by atoms with Crippen molar-refractivity contribution in [1.82, 2.24) is 10.3 Å². The van der Waals surface area contributed by atoms with Gasteiger partial charge in [0.1, 0.15) is 5.69 Å². The maximum Gasteiger partial charge on any atom is 0.339 e. The minimum atomic E-state index is -0.411. The van der Waals surface area contributed by atoms with E-state index in [2.05, 4.69) is 17.2 Å². The Labute approximate surface area is 125 Å². The van der Waals surface area contributed by atoms with E-state index < -0.39 is 5.97 Å². The van der Waals surface area contributed by atoms with Crippen LogP contribution in [0, 0.1) is 19.8 Å². The minimum Gasteiger partial charge on any atom is -0.465 e. The average Bonchev–Trinajstić information content (AvgIpc) is 2.73. The highest BCUT2D eigenvalue weighted by molar-refractivity contribution is 6.00. The summed E-state index contributed by atoms with van der Waals surface area (Å²) in [5, 5.41) is 3.08. The zero-order valence-corrected chi connectivity index (χ0v) is 13.2. The summed E-state index contributed by atoms with van der Waals surface area (Å²) in [6, 6.07) is 0.228. The Morgan fingerprint density at radius 3 is 2.62 bits per heavy atom. The van der Waals surface area contributed by atoms with E-state index in [1.54, 1.807) is 13.8 Å². The van der Waals surface area contributed by atoms with Gasteiger partial charge in [-0.2, -0.15) is 0 Å². The lowest BCUT2D eigenvalue weighted by atomic mass is 9.87. The van der Waals surface area contributed by atoms with Gasteiger partial charge in [-0.25, -0.2) is 4.79 Å². The van der Waals surface area contributed by atoms with E-state index in [-0.39, 0.29) is 11.9 Å². The Bertz CT molecular complexity index is 548. The van der Waals surface area contributed by atoms with Crippen LogP contribution in [0.4, 0.5) is 0 Å². The van der Waals surface area contributed by atoms with Crippen LogP contribution in [0.15, 0.2) is 0 Å². The van der Waals surface area contributed by atoms with Gasteiger partial charge >= 0.3 is 5.97 Å². The molecule has 1 aromatic heterocycles. The van der Waals surface area contributed by atoms with Crippen molar-refractivity contribution in [2.24, 2.45) is 5.92 Å². The highest BCUT2D eigenvalue weighted by Crippen LogP contribution is 2.24. The maximum atomic E-state index is 12.4. The lowest BCUT2D eigenvalue weighted by Crippen LogP contribution is -2.38. The van der Waals surface area contributed by atoms with Crippen LogP contribution in [0.3, 0.4) is 0 Å². The molecule has 116 valence electrons. The van der Waals surface area contributed by atoms with E-state index in [0.717, 1.165) is 19.3 Å². The molecule has 0 saturated heterocycles. The summed E-state index contributed by atoms with van der Waals surface area (Å²) in [5.41, 5.74) is 2.24. The third kappa shape index (κ3) is 3.28. The fraction of sp³-hybridized carbons (Fsp3) is 0.625. The molecule has 0 bridgehead atoms. The van der Waals surface area contributed by atoms with E-state index in [1.165, 1.54) is 13.5 Å². The van der Waals surface area contributed by atoms with Crippen LogP contribution in [0.25, 0.3) is 0 Å². The number of methoxy groups -OCH3 is 1. The molecule has 1 heterocycles. The van der Waals surface area contributed by atoms with Crippen LogP contribution >= 0.6 is 0 Å². The first-order valence-electron chi connectivity index (χ1n) is 7.52. The fourth-order valence-corrected chi connectivity index (χ4v) is 3.21. The third-order valence-corrected chi connectivity index (χ3v) is 4.33. The van der Waals surface area contributed by atoms with E-state index in [0.29, 0.717) is 28.4 Å². The zero-order chi connectivity index (χ0) is 15.6. The molecule has 1 saturated carbocycles. The molecule has 0 radical (unpaired) electrons. The summed E-state index contributed by atoms with van der Waals surface area (Å²) in [6.07, 6.45) is 4.44. The molecule has 2 N–H and O–H groups in total. The lowest BCUT2D eigenvalue weighted by molar-refractivity contribution is 0.0599. The molecule has 0 spiro atoms. The first-order chi connectivity index (χ1) is 9.93. The van der Waals surface area contributed by atoms with E-state index in [9.17, 15) is 9.59 Å². The number of ether oxygens (including phenoxy) is 1. The number of esters is 1. The van der Waals surface area contributed by atoms with Crippen molar-refractivity contribution in [3.05, 3.63) is 22.5 Å². The van der Waals surface area contributed by atoms with Crippen molar-refractivity contribution in [2.45, 2.75) is 52.5 Å². The molecule has 1 aliphatic rings. The molecule has 5 nitrogen and oxygen atoms in total. The van der Waals surface area contributed by atoms with Gasteiger partial charge in [0.2, 0.25) is 0 Å². The quantitative estimate of drug-likeness (QED) is 0.841. The van der Waals surface area contributed by atoms with Crippen LogP contribution in [-0.2, 0) is 4.74 Å². The number of rotatable bonds is 3. The standard InChI is InChI=1S/C16H24N2O3/c1-9-6-5-7-12(8-9)18-15(19)14-10(2)13(11(3)17-14)16(20)21-4/h9,12,17H,5-8H2,1-4H3,(H,18,19). The number of aromatic amines is 1. The fourth-order valence-electron chi connectivity index (χ4n) is 3.21. The molecular formula is C16H24N2O3. The van der Waals surface area contributed by atoms with Gasteiger partial charge in [0.25, 0.3) is 5.91 Å². The number of carbonyl (C=O) groups is 2. The van der Waals surface area contributed by atoms with E-state index in [4.69, 9.17) is 4.74 Å². The van der Waals surface area contributed by atoms with Crippen molar-refractivity contribution in [1.29, 1.82) is 0 Å². The van der Waals surface area contributed by atoms with Crippen molar-refractivity contribution in [3.63, 3.8) is 0 Å². The second kappa shape index (κ2) is 6.33. The van der Waals surface area contributed by atoms with Crippen LogP contribution < -0.4 is 5.32 Å². The number of H-pyrrole nitrogens is 1. The van der Waals surface area contributed by atoms with Gasteiger partial charge in [0.05, 0.1) is 12.7 Å². The number of aryl methyl sites for hydroxylation is 1. The highest BCUT2D eigenvalue weighted by atomic mass is 16.5. The monoisotopic (exact) mass is 292 g/mol. The maximum absolute atomic E-state index is 12.4. The second-order valence-electron chi connectivity index (χ2n) is 6.06. The molecule has 1 aliphatic carbocycles. The first-order valence-corrected chi connectivity index (χ1v) is 7.52. The number of hydrogen-bond acceptors (Lipinski definition) is 3. The predicted molar refractivity (Wildman–Crippen MR) is 80.5 cm³/mol. The number of hydrogen-bond donors (Lipinski definition) is 2. The van der Waals surface area contributed by atoms with Crippen molar-refractivity contribution >= 4 is 11.9 Å².